The quantitative estimate of drug-likeness (QED) is 0.217. The van der Waals surface area contributed by atoms with E-state index in [1.54, 1.807) is 56.3 Å². The van der Waals surface area contributed by atoms with Crippen LogP contribution in [-0.4, -0.2) is 54.2 Å². The molecule has 1 saturated heterocycles. The van der Waals surface area contributed by atoms with Crippen LogP contribution in [0, 0.1) is 0 Å². The zero-order chi connectivity index (χ0) is 27.8. The first-order valence-electron chi connectivity index (χ1n) is 12.5. The van der Waals surface area contributed by atoms with Gasteiger partial charge in [0.05, 0.1) is 35.5 Å². The molecule has 3 aromatic rings. The van der Waals surface area contributed by atoms with Crippen molar-refractivity contribution in [2.45, 2.75) is 26.0 Å². The fourth-order valence-corrected chi connectivity index (χ4v) is 4.76. The molecule has 0 saturated carbocycles. The molecule has 9 heteroatoms. The number of ether oxygens (including phenoxy) is 2. The van der Waals surface area contributed by atoms with Gasteiger partial charge in [-0.3, -0.25) is 14.5 Å². The molecule has 9 nitrogen and oxygen atoms in total. The summed E-state index contributed by atoms with van der Waals surface area (Å²) >= 11 is 0. The first-order chi connectivity index (χ1) is 18.7. The number of anilines is 2. The Morgan fingerprint density at radius 1 is 1.00 bits per heavy atom. The minimum absolute atomic E-state index is 0.0152. The predicted octanol–water partition coefficient (Wildman–Crippen LogP) is 4.41. The van der Waals surface area contributed by atoms with E-state index in [0.717, 1.165) is 5.69 Å². The minimum Gasteiger partial charge on any atom is -0.508 e. The van der Waals surface area contributed by atoms with Crippen LogP contribution in [0.15, 0.2) is 72.3 Å². The van der Waals surface area contributed by atoms with E-state index in [9.17, 15) is 24.6 Å². The first-order valence-corrected chi connectivity index (χ1v) is 12.5. The summed E-state index contributed by atoms with van der Waals surface area (Å²) in [7, 11) is 1.90. The Labute approximate surface area is 225 Å². The number of esters is 1. The summed E-state index contributed by atoms with van der Waals surface area (Å²) in [5.41, 5.74) is 2.19. The van der Waals surface area contributed by atoms with E-state index in [0.29, 0.717) is 41.3 Å². The lowest BCUT2D eigenvalue weighted by atomic mass is 9.94. The van der Waals surface area contributed by atoms with Crippen LogP contribution < -0.4 is 14.5 Å². The molecule has 0 radical (unpaired) electrons. The highest BCUT2D eigenvalue weighted by Gasteiger charge is 2.47. The van der Waals surface area contributed by atoms with E-state index in [4.69, 9.17) is 9.47 Å². The van der Waals surface area contributed by atoms with Gasteiger partial charge in [-0.05, 0) is 74.0 Å². The Kier molecular flexibility index (Phi) is 6.74. The van der Waals surface area contributed by atoms with E-state index < -0.39 is 23.7 Å². The highest BCUT2D eigenvalue weighted by atomic mass is 16.5. The number of phenolic OH excluding ortho intramolecular Hbond substituents is 1. The number of likely N-dealkylation sites (N-methyl/N-ethyl adjacent to an activating group) is 1. The summed E-state index contributed by atoms with van der Waals surface area (Å²) in [6, 6.07) is 16.3. The number of benzene rings is 3. The minimum atomic E-state index is -0.982. The number of nitrogens with zero attached hydrogens (tertiary/aromatic N) is 2. The van der Waals surface area contributed by atoms with Crippen molar-refractivity contribution < 1.29 is 34.1 Å². The largest absolute Gasteiger partial charge is 0.508 e. The summed E-state index contributed by atoms with van der Waals surface area (Å²) < 4.78 is 10.9. The predicted molar refractivity (Wildman–Crippen MR) is 145 cm³/mol. The number of carbonyl (C=O) groups excluding carboxylic acids is 3. The van der Waals surface area contributed by atoms with Crippen LogP contribution >= 0.6 is 0 Å². The van der Waals surface area contributed by atoms with Crippen LogP contribution in [0.3, 0.4) is 0 Å². The van der Waals surface area contributed by atoms with Crippen molar-refractivity contribution in [1.29, 1.82) is 0 Å². The summed E-state index contributed by atoms with van der Waals surface area (Å²) in [6.45, 7) is 4.69. The van der Waals surface area contributed by atoms with Crippen molar-refractivity contribution >= 4 is 34.8 Å². The number of amides is 1. The maximum atomic E-state index is 13.4. The van der Waals surface area contributed by atoms with Crippen LogP contribution in [0.2, 0.25) is 0 Å². The molecule has 2 heterocycles. The molecule has 1 unspecified atom stereocenters. The number of carbonyl (C=O) groups is 3. The van der Waals surface area contributed by atoms with Crippen LogP contribution in [0.25, 0.3) is 5.76 Å². The molecule has 0 spiro atoms. The standard InChI is InChI=1S/C30H28N2O7/c1-17(2)39-30(37)19-4-9-21(10-5-19)32-26(18-6-11-22(33)12-7-18)25(28(35)29(32)36)27(34)20-8-13-24-23(16-20)31(3)14-15-38-24/h4-13,16-17,26,33-34H,14-15H2,1-3H3/b27-25-. The van der Waals surface area contributed by atoms with Crippen LogP contribution in [0.5, 0.6) is 11.5 Å². The fraction of sp³-hybridized carbons (Fsp3) is 0.233. The molecule has 2 aliphatic rings. The van der Waals surface area contributed by atoms with Gasteiger partial charge in [-0.1, -0.05) is 12.1 Å². The lowest BCUT2D eigenvalue weighted by Gasteiger charge is -2.28. The highest BCUT2D eigenvalue weighted by Crippen LogP contribution is 2.43. The SMILES string of the molecule is CC(C)OC(=O)c1ccc(N2C(=O)C(=O)/C(=C(\O)c3ccc4c(c3)N(C)CCO4)C2c2ccc(O)cc2)cc1. The van der Waals surface area contributed by atoms with Crippen molar-refractivity contribution in [2.24, 2.45) is 0 Å². The number of aliphatic hydroxyl groups excluding tert-OH is 1. The molecule has 5 rings (SSSR count). The van der Waals surface area contributed by atoms with Crippen LogP contribution in [-0.2, 0) is 14.3 Å². The second-order valence-corrected chi connectivity index (χ2v) is 9.71. The summed E-state index contributed by atoms with van der Waals surface area (Å²) in [4.78, 5) is 42.4. The lowest BCUT2D eigenvalue weighted by molar-refractivity contribution is -0.132. The zero-order valence-electron chi connectivity index (χ0n) is 21.7. The van der Waals surface area contributed by atoms with Gasteiger partial charge in [0, 0.05) is 18.3 Å². The van der Waals surface area contributed by atoms with E-state index in [2.05, 4.69) is 0 Å². The van der Waals surface area contributed by atoms with Gasteiger partial charge in [0.15, 0.2) is 0 Å². The van der Waals surface area contributed by atoms with Gasteiger partial charge in [-0.2, -0.15) is 0 Å². The zero-order valence-corrected chi connectivity index (χ0v) is 21.7. The van der Waals surface area contributed by atoms with Crippen molar-refractivity contribution in [3.63, 3.8) is 0 Å². The molecule has 0 aromatic heterocycles. The van der Waals surface area contributed by atoms with E-state index in [1.807, 2.05) is 11.9 Å². The van der Waals surface area contributed by atoms with Crippen LogP contribution in [0.1, 0.15) is 41.4 Å². The van der Waals surface area contributed by atoms with Crippen molar-refractivity contribution in [2.75, 3.05) is 30.0 Å². The Bertz CT molecular complexity index is 1480. The fourth-order valence-electron chi connectivity index (χ4n) is 4.76. The molecule has 1 fully saturated rings. The van der Waals surface area contributed by atoms with Crippen LogP contribution in [0.4, 0.5) is 11.4 Å². The van der Waals surface area contributed by atoms with E-state index in [1.165, 1.54) is 29.2 Å². The van der Waals surface area contributed by atoms with E-state index >= 15 is 0 Å². The molecule has 200 valence electrons. The van der Waals surface area contributed by atoms with Gasteiger partial charge in [-0.25, -0.2) is 4.79 Å². The number of aliphatic hydroxyl groups is 1. The molecule has 1 amide bonds. The van der Waals surface area contributed by atoms with Crippen molar-refractivity contribution in [1.82, 2.24) is 0 Å². The van der Waals surface area contributed by atoms with Gasteiger partial charge >= 0.3 is 5.97 Å². The number of hydrogen-bond acceptors (Lipinski definition) is 8. The lowest BCUT2D eigenvalue weighted by Crippen LogP contribution is -2.29. The summed E-state index contributed by atoms with van der Waals surface area (Å²) in [6.07, 6.45) is -0.292. The number of Topliss-reactive ketones (excluding diaryl/α,β-unsaturated/α-hetero) is 1. The molecule has 2 aliphatic heterocycles. The normalized spacial score (nSPS) is 18.2. The monoisotopic (exact) mass is 528 g/mol. The number of fused-ring (bicyclic) bond motifs is 1. The van der Waals surface area contributed by atoms with Gasteiger partial charge in [-0.15, -0.1) is 0 Å². The Morgan fingerprint density at radius 3 is 2.33 bits per heavy atom. The molecular formula is C30H28N2O7. The van der Waals surface area contributed by atoms with E-state index in [-0.39, 0.29) is 23.2 Å². The summed E-state index contributed by atoms with van der Waals surface area (Å²) in [5.74, 6) is -1.84. The topological polar surface area (TPSA) is 117 Å². The second-order valence-electron chi connectivity index (χ2n) is 9.71. The molecule has 0 aliphatic carbocycles. The maximum Gasteiger partial charge on any atom is 0.338 e. The molecule has 2 N–H and O–H groups in total. The molecule has 3 aromatic carbocycles. The first kappa shape index (κ1) is 25.8. The van der Waals surface area contributed by atoms with Gasteiger partial charge in [0.1, 0.15) is 23.9 Å². The molecule has 39 heavy (non-hydrogen) atoms. The number of hydrogen-bond donors (Lipinski definition) is 2. The average Bonchev–Trinajstić information content (AvgIpc) is 3.18. The third kappa shape index (κ3) is 4.79. The third-order valence-corrected chi connectivity index (χ3v) is 6.71. The molecular weight excluding hydrogens is 500 g/mol. The Morgan fingerprint density at radius 2 is 1.67 bits per heavy atom. The average molecular weight is 529 g/mol. The number of ketones is 1. The third-order valence-electron chi connectivity index (χ3n) is 6.71. The van der Waals surface area contributed by atoms with Gasteiger partial charge < -0.3 is 24.6 Å². The van der Waals surface area contributed by atoms with Crippen molar-refractivity contribution in [3.8, 4) is 11.5 Å². The summed E-state index contributed by atoms with van der Waals surface area (Å²) in [5, 5.41) is 21.3. The highest BCUT2D eigenvalue weighted by molar-refractivity contribution is 6.51. The van der Waals surface area contributed by atoms with Crippen molar-refractivity contribution in [3.05, 3.63) is 89.0 Å². The molecule has 0 bridgehead atoms. The Balaban J connectivity index is 1.62. The van der Waals surface area contributed by atoms with Gasteiger partial charge in [0.25, 0.3) is 11.7 Å². The number of aromatic hydroxyl groups is 1. The maximum absolute atomic E-state index is 13.4. The number of phenols is 1. The smallest absolute Gasteiger partial charge is 0.338 e. The second kappa shape index (κ2) is 10.2. The number of rotatable bonds is 5. The van der Waals surface area contributed by atoms with Gasteiger partial charge in [0.2, 0.25) is 0 Å². The molecule has 1 atom stereocenters. The Hall–Kier alpha value is -4.79.